The summed E-state index contributed by atoms with van der Waals surface area (Å²) in [6, 6.07) is -1.52. The minimum absolute atomic E-state index is 0.113. The highest BCUT2D eigenvalue weighted by Crippen LogP contribution is 2.24. The van der Waals surface area contributed by atoms with E-state index in [0.717, 1.165) is 0 Å². The van der Waals surface area contributed by atoms with Gasteiger partial charge in [0.15, 0.2) is 0 Å². The maximum absolute atomic E-state index is 11.8. The van der Waals surface area contributed by atoms with E-state index >= 15 is 0 Å². The minimum atomic E-state index is -0.758. The van der Waals surface area contributed by atoms with Crippen LogP contribution in [0, 0.1) is 0 Å². The maximum Gasteiger partial charge on any atom is 0.329 e. The van der Waals surface area contributed by atoms with Crippen LogP contribution < -0.4 is 10.6 Å². The molecule has 2 amide bonds. The van der Waals surface area contributed by atoms with E-state index < -0.39 is 24.0 Å². The van der Waals surface area contributed by atoms with Gasteiger partial charge in [0.1, 0.15) is 12.1 Å². The van der Waals surface area contributed by atoms with Crippen LogP contribution in [0.5, 0.6) is 0 Å². The van der Waals surface area contributed by atoms with Gasteiger partial charge >= 0.3 is 11.9 Å². The summed E-state index contributed by atoms with van der Waals surface area (Å²) in [4.78, 5) is 46.9. The van der Waals surface area contributed by atoms with Crippen molar-refractivity contribution in [3.8, 4) is 0 Å². The van der Waals surface area contributed by atoms with Gasteiger partial charge < -0.3 is 20.1 Å². The molecule has 1 heterocycles. The molecule has 2 N–H and O–H groups in total. The number of hydrogen-bond donors (Lipinski definition) is 2. The van der Waals surface area contributed by atoms with Crippen molar-refractivity contribution >= 4 is 45.3 Å². The molecule has 1 fully saturated rings. The zero-order valence-electron chi connectivity index (χ0n) is 13.0. The zero-order chi connectivity index (χ0) is 17.2. The number of carbonyl (C=O) groups is 4. The van der Waals surface area contributed by atoms with Crippen molar-refractivity contribution in [3.05, 3.63) is 0 Å². The molecule has 0 saturated carbocycles. The Hall–Kier alpha value is -1.42. The molecule has 0 aromatic carbocycles. The molecular formula is C13H20N2O6S2. The number of carbonyl (C=O) groups excluding carboxylic acids is 4. The third-order valence-electron chi connectivity index (χ3n) is 3.00. The van der Waals surface area contributed by atoms with Crippen LogP contribution >= 0.6 is 21.6 Å². The molecule has 10 heteroatoms. The van der Waals surface area contributed by atoms with Crippen molar-refractivity contribution < 1.29 is 28.7 Å². The van der Waals surface area contributed by atoms with E-state index in [-0.39, 0.29) is 24.7 Å². The molecule has 1 aliphatic rings. The Labute approximate surface area is 142 Å². The molecule has 0 bridgehead atoms. The number of rotatable bonds is 2. The fourth-order valence-corrected chi connectivity index (χ4v) is 4.09. The van der Waals surface area contributed by atoms with E-state index in [4.69, 9.17) is 0 Å². The smallest absolute Gasteiger partial charge is 0.329 e. The predicted molar refractivity (Wildman–Crippen MR) is 86.7 cm³/mol. The molecule has 0 aromatic heterocycles. The van der Waals surface area contributed by atoms with Gasteiger partial charge in [0.2, 0.25) is 11.8 Å². The van der Waals surface area contributed by atoms with Crippen LogP contribution in [0.1, 0.15) is 19.3 Å². The molecule has 1 saturated heterocycles. The van der Waals surface area contributed by atoms with Crippen LogP contribution in [0.25, 0.3) is 0 Å². The topological polar surface area (TPSA) is 111 Å². The fourth-order valence-electron chi connectivity index (χ4n) is 1.80. The summed E-state index contributed by atoms with van der Waals surface area (Å²) in [7, 11) is 5.11. The van der Waals surface area contributed by atoms with Crippen LogP contribution in [0.4, 0.5) is 0 Å². The molecule has 1 unspecified atom stereocenters. The second-order valence-corrected chi connectivity index (χ2v) is 7.26. The van der Waals surface area contributed by atoms with E-state index in [1.54, 1.807) is 0 Å². The number of esters is 2. The second kappa shape index (κ2) is 10.4. The van der Waals surface area contributed by atoms with Crippen molar-refractivity contribution in [1.82, 2.24) is 10.6 Å². The molecule has 1 rings (SSSR count). The van der Waals surface area contributed by atoms with E-state index in [9.17, 15) is 19.2 Å². The summed E-state index contributed by atoms with van der Waals surface area (Å²) in [6.45, 7) is 0. The molecule has 130 valence electrons. The molecule has 0 radical (unpaired) electrons. The third-order valence-corrected chi connectivity index (χ3v) is 5.42. The van der Waals surface area contributed by atoms with Gasteiger partial charge in [-0.2, -0.15) is 0 Å². The Morgan fingerprint density at radius 1 is 0.913 bits per heavy atom. The summed E-state index contributed by atoms with van der Waals surface area (Å²) in [5.74, 6) is -1.10. The highest BCUT2D eigenvalue weighted by atomic mass is 33.1. The lowest BCUT2D eigenvalue weighted by Gasteiger charge is -2.16. The number of hydrogen-bond acceptors (Lipinski definition) is 8. The first kappa shape index (κ1) is 19.6. The molecule has 1 aliphatic heterocycles. The first-order valence-electron chi connectivity index (χ1n) is 6.96. The minimum Gasteiger partial charge on any atom is -0.467 e. The first-order valence-corrected chi connectivity index (χ1v) is 9.45. The highest BCUT2D eigenvalue weighted by Gasteiger charge is 2.25. The van der Waals surface area contributed by atoms with Gasteiger partial charge in [-0.1, -0.05) is 21.6 Å². The molecule has 23 heavy (non-hydrogen) atoms. The lowest BCUT2D eigenvalue weighted by atomic mass is 10.2. The van der Waals surface area contributed by atoms with Crippen LogP contribution in [0.2, 0.25) is 0 Å². The van der Waals surface area contributed by atoms with Crippen molar-refractivity contribution in [3.63, 3.8) is 0 Å². The Morgan fingerprint density at radius 2 is 1.30 bits per heavy atom. The summed E-state index contributed by atoms with van der Waals surface area (Å²) >= 11 is 0. The first-order chi connectivity index (χ1) is 11.0. The Morgan fingerprint density at radius 3 is 1.65 bits per heavy atom. The van der Waals surface area contributed by atoms with Crippen molar-refractivity contribution in [1.29, 1.82) is 0 Å². The lowest BCUT2D eigenvalue weighted by molar-refractivity contribution is -0.144. The normalized spacial score (nSPS) is 24.1. The van der Waals surface area contributed by atoms with Gasteiger partial charge in [-0.05, 0) is 6.42 Å². The van der Waals surface area contributed by atoms with Crippen molar-refractivity contribution in [2.45, 2.75) is 31.3 Å². The van der Waals surface area contributed by atoms with E-state index in [1.165, 1.54) is 35.8 Å². The lowest BCUT2D eigenvalue weighted by Crippen LogP contribution is -2.43. The maximum atomic E-state index is 11.8. The number of methoxy groups -OCH3 is 2. The molecule has 8 nitrogen and oxygen atoms in total. The van der Waals surface area contributed by atoms with E-state index in [2.05, 4.69) is 20.1 Å². The van der Waals surface area contributed by atoms with Crippen LogP contribution in [0.3, 0.4) is 0 Å². The van der Waals surface area contributed by atoms with E-state index in [1.807, 2.05) is 0 Å². The summed E-state index contributed by atoms with van der Waals surface area (Å²) < 4.78 is 9.33. The molecular weight excluding hydrogens is 344 g/mol. The summed E-state index contributed by atoms with van der Waals surface area (Å²) in [6.07, 6.45) is 0.545. The van der Waals surface area contributed by atoms with E-state index in [0.29, 0.717) is 17.9 Å². The SMILES string of the molecule is COC(=O)C1CSSC[C@@H](C(=O)OC)NC(=O)CCCC(=O)N1. The van der Waals surface area contributed by atoms with Crippen LogP contribution in [0.15, 0.2) is 0 Å². The quantitative estimate of drug-likeness (QED) is 0.515. The Kier molecular flexibility index (Phi) is 8.85. The molecule has 0 aliphatic carbocycles. The standard InChI is InChI=1S/C13H20N2O6S2/c1-20-12(18)8-6-22-23-7-9(13(19)21-2)15-11(17)5-3-4-10(16)14-8/h8-9H,3-7H2,1-2H3,(H,14,16)(H,15,17)/t8-,9?/m0/s1. The molecule has 0 spiro atoms. The highest BCUT2D eigenvalue weighted by molar-refractivity contribution is 8.76. The number of ether oxygens (including phenoxy) is 2. The average Bonchev–Trinajstić information content (AvgIpc) is 2.55. The summed E-state index contributed by atoms with van der Waals surface area (Å²) in [5.41, 5.74) is 0. The van der Waals surface area contributed by atoms with Gasteiger partial charge in [-0.3, -0.25) is 9.59 Å². The average molecular weight is 364 g/mol. The number of nitrogens with one attached hydrogen (secondary N) is 2. The van der Waals surface area contributed by atoms with Crippen LogP contribution in [-0.2, 0) is 28.7 Å². The van der Waals surface area contributed by atoms with Crippen LogP contribution in [-0.4, -0.2) is 61.6 Å². The van der Waals surface area contributed by atoms with Gasteiger partial charge in [0.05, 0.1) is 14.2 Å². The Bertz CT molecular complexity index is 420. The summed E-state index contributed by atoms with van der Waals surface area (Å²) in [5, 5.41) is 5.19. The van der Waals surface area contributed by atoms with Gasteiger partial charge in [-0.15, -0.1) is 0 Å². The fraction of sp³-hybridized carbons (Fsp3) is 0.692. The van der Waals surface area contributed by atoms with Crippen molar-refractivity contribution in [2.75, 3.05) is 25.7 Å². The Balaban J connectivity index is 2.74. The van der Waals surface area contributed by atoms with Crippen molar-refractivity contribution in [2.24, 2.45) is 0 Å². The monoisotopic (exact) mass is 364 g/mol. The number of amides is 2. The molecule has 0 aromatic rings. The third kappa shape index (κ3) is 7.12. The van der Waals surface area contributed by atoms with Gasteiger partial charge in [0, 0.05) is 24.3 Å². The van der Waals surface area contributed by atoms with Gasteiger partial charge in [-0.25, -0.2) is 9.59 Å². The zero-order valence-corrected chi connectivity index (χ0v) is 14.6. The molecule has 2 atom stereocenters. The largest absolute Gasteiger partial charge is 0.467 e. The predicted octanol–water partition coefficient (Wildman–Crippen LogP) is -0.133. The van der Waals surface area contributed by atoms with Gasteiger partial charge in [0.25, 0.3) is 0 Å². The second-order valence-electron chi connectivity index (χ2n) is 4.71.